The van der Waals surface area contributed by atoms with Crippen LogP contribution < -0.4 is 68.9 Å². The molecular formula is C22H29Na2O8P. The van der Waals surface area contributed by atoms with E-state index < -0.39 is 32.7 Å². The van der Waals surface area contributed by atoms with Crippen LogP contribution in [0.5, 0.6) is 0 Å². The van der Waals surface area contributed by atoms with Crippen LogP contribution in [0.25, 0.3) is 0 Å². The minimum Gasteiger partial charge on any atom is -0.790 e. The molecule has 0 aliphatic rings. The molecule has 0 aliphatic heterocycles. The summed E-state index contributed by atoms with van der Waals surface area (Å²) >= 11 is 0. The maximum absolute atomic E-state index is 11.9. The summed E-state index contributed by atoms with van der Waals surface area (Å²) in [5.41, 5.74) is 0. The van der Waals surface area contributed by atoms with Crippen molar-refractivity contribution in [3.63, 3.8) is 0 Å². The molecular weight excluding hydrogens is 469 g/mol. The van der Waals surface area contributed by atoms with Gasteiger partial charge >= 0.3 is 71.1 Å². The van der Waals surface area contributed by atoms with Crippen molar-refractivity contribution in [2.24, 2.45) is 0 Å². The SMILES string of the molecule is CC#CC#CC#CC(=O)OC[C@H](OC(=O)CCCCCCCCCCC)OP(=O)([O-])[O-].[Na+].[Na+]. The molecule has 0 aromatic heterocycles. The monoisotopic (exact) mass is 498 g/mol. The molecule has 8 nitrogen and oxygen atoms in total. The zero-order valence-electron chi connectivity index (χ0n) is 20.1. The van der Waals surface area contributed by atoms with Crippen molar-refractivity contribution < 1.29 is 97.1 Å². The van der Waals surface area contributed by atoms with Crippen LogP contribution >= 0.6 is 7.82 Å². The molecule has 0 saturated carbocycles. The first-order chi connectivity index (χ1) is 14.8. The van der Waals surface area contributed by atoms with Gasteiger partial charge in [-0.2, -0.15) is 0 Å². The van der Waals surface area contributed by atoms with Gasteiger partial charge in [0.05, 0.1) is 7.82 Å². The van der Waals surface area contributed by atoms with Crippen molar-refractivity contribution >= 4 is 19.8 Å². The average molecular weight is 498 g/mol. The van der Waals surface area contributed by atoms with E-state index >= 15 is 0 Å². The molecule has 0 aromatic rings. The number of hydrogen-bond donors (Lipinski definition) is 0. The minimum absolute atomic E-state index is 0. The van der Waals surface area contributed by atoms with Gasteiger partial charge in [-0.25, -0.2) is 4.79 Å². The van der Waals surface area contributed by atoms with E-state index in [2.05, 4.69) is 45.8 Å². The maximum atomic E-state index is 11.9. The molecule has 172 valence electrons. The Bertz CT molecular complexity index is 777. The van der Waals surface area contributed by atoms with Crippen molar-refractivity contribution in [2.45, 2.75) is 84.3 Å². The maximum Gasteiger partial charge on any atom is 1.00 e. The molecule has 0 amide bonds. The van der Waals surface area contributed by atoms with Gasteiger partial charge in [-0.3, -0.25) is 4.79 Å². The van der Waals surface area contributed by atoms with E-state index in [1.807, 2.05) is 5.92 Å². The summed E-state index contributed by atoms with van der Waals surface area (Å²) < 4.78 is 24.4. The summed E-state index contributed by atoms with van der Waals surface area (Å²) in [7, 11) is -5.47. The molecule has 11 heteroatoms. The Morgan fingerprint density at radius 1 is 0.879 bits per heavy atom. The molecule has 0 radical (unpaired) electrons. The molecule has 0 aromatic carbocycles. The number of unbranched alkanes of at least 4 members (excludes halogenated alkanes) is 8. The first-order valence-electron chi connectivity index (χ1n) is 10.3. The van der Waals surface area contributed by atoms with Crippen LogP contribution in [0.15, 0.2) is 0 Å². The Morgan fingerprint density at radius 2 is 1.42 bits per heavy atom. The fourth-order valence-corrected chi connectivity index (χ4v) is 2.79. The number of phosphoric ester groups is 1. The number of esters is 2. The Labute approximate surface area is 241 Å². The fraction of sp³-hybridized carbons (Fsp3) is 0.636. The minimum atomic E-state index is -5.47. The predicted molar refractivity (Wildman–Crippen MR) is 110 cm³/mol. The second-order valence-corrected chi connectivity index (χ2v) is 7.63. The van der Waals surface area contributed by atoms with E-state index in [1.165, 1.54) is 25.7 Å². The standard InChI is InChI=1S/C22H31O8P.2Na/c1-3-5-7-9-10-11-12-14-16-18-21(24)29-22(30-31(25,26)27)19-28-20(23)17-15-13-8-6-4-2;;/h22H,3,5,7,9-12,14,16,18-19H2,1-2H3,(H2,25,26,27);;/q;2*+1/p-2/t22-;;/m1../s1. The van der Waals surface area contributed by atoms with Crippen molar-refractivity contribution in [3.8, 4) is 35.5 Å². The summed E-state index contributed by atoms with van der Waals surface area (Å²) in [4.78, 5) is 45.0. The van der Waals surface area contributed by atoms with Crippen molar-refractivity contribution in [1.29, 1.82) is 0 Å². The van der Waals surface area contributed by atoms with Gasteiger partial charge in [0.1, 0.15) is 0 Å². The molecule has 0 N–H and O–H groups in total. The van der Waals surface area contributed by atoms with Gasteiger partial charge in [0, 0.05) is 12.3 Å². The number of ether oxygens (including phenoxy) is 2. The summed E-state index contributed by atoms with van der Waals surface area (Å²) in [5, 5.41) is 0. The van der Waals surface area contributed by atoms with Crippen molar-refractivity contribution in [3.05, 3.63) is 0 Å². The average Bonchev–Trinajstić information content (AvgIpc) is 2.69. The van der Waals surface area contributed by atoms with E-state index in [0.717, 1.165) is 25.7 Å². The zero-order valence-corrected chi connectivity index (χ0v) is 25.0. The van der Waals surface area contributed by atoms with Crippen LogP contribution in [-0.2, 0) is 28.2 Å². The number of carbonyl (C=O) groups is 2. The molecule has 0 heterocycles. The number of carbonyl (C=O) groups excluding carboxylic acids is 2. The third-order valence-corrected chi connectivity index (χ3v) is 4.31. The first-order valence-corrected chi connectivity index (χ1v) is 11.7. The third kappa shape index (κ3) is 27.9. The Balaban J connectivity index is -0.00000450. The summed E-state index contributed by atoms with van der Waals surface area (Å²) in [6.45, 7) is 2.95. The molecule has 0 rings (SSSR count). The molecule has 0 saturated heterocycles. The second kappa shape index (κ2) is 24.8. The first kappa shape index (κ1) is 37.3. The number of hydrogen-bond acceptors (Lipinski definition) is 8. The zero-order chi connectivity index (χ0) is 23.4. The smallest absolute Gasteiger partial charge is 0.790 e. The Morgan fingerprint density at radius 3 is 1.97 bits per heavy atom. The summed E-state index contributed by atoms with van der Waals surface area (Å²) in [6.07, 6.45) is 7.68. The fourth-order valence-electron chi connectivity index (χ4n) is 2.40. The quantitative estimate of drug-likeness (QED) is 0.0428. The number of phosphoric acid groups is 1. The third-order valence-electron chi connectivity index (χ3n) is 3.82. The predicted octanol–water partition coefficient (Wildman–Crippen LogP) is -3.80. The van der Waals surface area contributed by atoms with Crippen LogP contribution in [0.2, 0.25) is 0 Å². The molecule has 0 spiro atoms. The summed E-state index contributed by atoms with van der Waals surface area (Å²) in [6, 6.07) is 0. The largest absolute Gasteiger partial charge is 1.00 e. The van der Waals surface area contributed by atoms with E-state index in [9.17, 15) is 23.9 Å². The van der Waals surface area contributed by atoms with Crippen LogP contribution in [0.3, 0.4) is 0 Å². The van der Waals surface area contributed by atoms with E-state index in [0.29, 0.717) is 6.42 Å². The van der Waals surface area contributed by atoms with Gasteiger partial charge in [0.15, 0.2) is 6.61 Å². The van der Waals surface area contributed by atoms with Crippen LogP contribution in [0, 0.1) is 35.5 Å². The van der Waals surface area contributed by atoms with E-state index in [4.69, 9.17) is 4.74 Å². The van der Waals surface area contributed by atoms with Gasteiger partial charge in [-0.05, 0) is 37.0 Å². The Hall–Kier alpha value is -0.270. The van der Waals surface area contributed by atoms with Crippen LogP contribution in [0.4, 0.5) is 0 Å². The van der Waals surface area contributed by atoms with Gasteiger partial charge < -0.3 is 28.3 Å². The molecule has 0 aliphatic carbocycles. The molecule has 1 atom stereocenters. The molecule has 0 bridgehead atoms. The van der Waals surface area contributed by atoms with E-state index in [-0.39, 0.29) is 65.5 Å². The van der Waals surface area contributed by atoms with Crippen LogP contribution in [0.1, 0.15) is 78.1 Å². The van der Waals surface area contributed by atoms with Gasteiger partial charge in [0.25, 0.3) is 0 Å². The van der Waals surface area contributed by atoms with Crippen LogP contribution in [-0.4, -0.2) is 24.8 Å². The normalized spacial score (nSPS) is 10.3. The van der Waals surface area contributed by atoms with Crippen molar-refractivity contribution in [2.75, 3.05) is 6.61 Å². The second-order valence-electron chi connectivity index (χ2n) is 6.52. The molecule has 33 heavy (non-hydrogen) atoms. The Kier molecular flexibility index (Phi) is 28.1. The van der Waals surface area contributed by atoms with Gasteiger partial charge in [-0.15, -0.1) is 0 Å². The topological polar surface area (TPSA) is 125 Å². The molecule has 0 unspecified atom stereocenters. The molecule has 0 fully saturated rings. The number of rotatable bonds is 15. The van der Waals surface area contributed by atoms with Gasteiger partial charge in [0.2, 0.25) is 6.29 Å². The van der Waals surface area contributed by atoms with Crippen molar-refractivity contribution in [1.82, 2.24) is 0 Å². The van der Waals surface area contributed by atoms with E-state index in [1.54, 1.807) is 6.92 Å². The summed E-state index contributed by atoms with van der Waals surface area (Å²) in [5.74, 6) is 11.9. The van der Waals surface area contributed by atoms with Gasteiger partial charge in [-0.1, -0.05) is 64.2 Å².